The molecule has 110 valence electrons. The highest BCUT2D eigenvalue weighted by atomic mass is 16.6. The molecule has 20 heavy (non-hydrogen) atoms. The number of hydrogen-bond donors (Lipinski definition) is 0. The summed E-state index contributed by atoms with van der Waals surface area (Å²) in [4.78, 5) is 34.9. The van der Waals surface area contributed by atoms with Crippen molar-refractivity contribution in [2.45, 2.75) is 40.2 Å². The molecule has 1 aromatic heterocycles. The summed E-state index contributed by atoms with van der Waals surface area (Å²) in [5.74, 6) is -1.23. The van der Waals surface area contributed by atoms with Crippen molar-refractivity contribution in [3.63, 3.8) is 0 Å². The number of aromatic nitrogens is 1. The summed E-state index contributed by atoms with van der Waals surface area (Å²) in [5.41, 5.74) is -0.103. The van der Waals surface area contributed by atoms with E-state index in [2.05, 4.69) is 0 Å². The fourth-order valence-corrected chi connectivity index (χ4v) is 1.70. The molecule has 6 heteroatoms. The van der Waals surface area contributed by atoms with Gasteiger partial charge in [0, 0.05) is 6.20 Å². The largest absolute Gasteiger partial charge is 0.462 e. The molecule has 0 aliphatic heterocycles. The molecule has 0 aliphatic rings. The minimum absolute atomic E-state index is 0.0398. The van der Waals surface area contributed by atoms with Gasteiger partial charge < -0.3 is 9.47 Å². The van der Waals surface area contributed by atoms with Gasteiger partial charge in [-0.1, -0.05) is 0 Å². The highest BCUT2D eigenvalue weighted by molar-refractivity contribution is 5.99. The van der Waals surface area contributed by atoms with Crippen LogP contribution in [0.2, 0.25) is 0 Å². The summed E-state index contributed by atoms with van der Waals surface area (Å²) >= 11 is 0. The highest BCUT2D eigenvalue weighted by Gasteiger charge is 2.27. The molecule has 0 aromatic carbocycles. The summed E-state index contributed by atoms with van der Waals surface area (Å²) in [5, 5.41) is 0. The van der Waals surface area contributed by atoms with Crippen LogP contribution < -0.4 is 0 Å². The lowest BCUT2D eigenvalue weighted by Crippen LogP contribution is -2.26. The smallest absolute Gasteiger partial charge is 0.356 e. The predicted molar refractivity (Wildman–Crippen MR) is 72.4 cm³/mol. The van der Waals surface area contributed by atoms with Gasteiger partial charge in [-0.05, 0) is 40.2 Å². The van der Waals surface area contributed by atoms with Crippen molar-refractivity contribution < 1.29 is 23.9 Å². The van der Waals surface area contributed by atoms with Crippen molar-refractivity contribution in [3.8, 4) is 0 Å². The minimum Gasteiger partial charge on any atom is -0.462 e. The van der Waals surface area contributed by atoms with Crippen molar-refractivity contribution in [2.75, 3.05) is 6.61 Å². The van der Waals surface area contributed by atoms with Crippen LogP contribution in [0.5, 0.6) is 0 Å². The Morgan fingerprint density at radius 3 is 2.35 bits per heavy atom. The van der Waals surface area contributed by atoms with E-state index < -0.39 is 17.5 Å². The first-order valence-corrected chi connectivity index (χ1v) is 6.28. The highest BCUT2D eigenvalue weighted by Crippen LogP contribution is 2.20. The quantitative estimate of drug-likeness (QED) is 0.623. The van der Waals surface area contributed by atoms with Gasteiger partial charge in [0.2, 0.25) is 6.41 Å². The second-order valence-corrected chi connectivity index (χ2v) is 5.25. The lowest BCUT2D eigenvalue weighted by atomic mass is 10.1. The van der Waals surface area contributed by atoms with Gasteiger partial charge in [-0.3, -0.25) is 9.36 Å². The van der Waals surface area contributed by atoms with E-state index in [-0.39, 0.29) is 17.9 Å². The lowest BCUT2D eigenvalue weighted by Gasteiger charge is -2.19. The molecule has 0 bridgehead atoms. The van der Waals surface area contributed by atoms with Crippen molar-refractivity contribution in [1.82, 2.24) is 4.57 Å². The third kappa shape index (κ3) is 3.46. The first kappa shape index (κ1) is 15.9. The van der Waals surface area contributed by atoms with Gasteiger partial charge >= 0.3 is 11.9 Å². The van der Waals surface area contributed by atoms with E-state index >= 15 is 0 Å². The fourth-order valence-electron chi connectivity index (χ4n) is 1.70. The molecule has 0 spiro atoms. The third-order valence-electron chi connectivity index (χ3n) is 2.49. The van der Waals surface area contributed by atoms with Crippen LogP contribution in [0.3, 0.4) is 0 Å². The molecule has 1 heterocycles. The van der Waals surface area contributed by atoms with Crippen molar-refractivity contribution in [1.29, 1.82) is 0 Å². The molecule has 1 aromatic rings. The molecule has 0 unspecified atom stereocenters. The van der Waals surface area contributed by atoms with Gasteiger partial charge in [0.15, 0.2) is 0 Å². The molecule has 0 aliphatic carbocycles. The Bertz CT molecular complexity index is 536. The topological polar surface area (TPSA) is 74.6 Å². The average Bonchev–Trinajstić information content (AvgIpc) is 2.64. The zero-order valence-corrected chi connectivity index (χ0v) is 12.4. The maximum atomic E-state index is 12.1. The van der Waals surface area contributed by atoms with E-state index in [0.717, 1.165) is 4.57 Å². The molecular formula is C14H19NO5. The number of carbonyl (C=O) groups is 3. The zero-order valence-electron chi connectivity index (χ0n) is 12.4. The molecule has 0 N–H and O–H groups in total. The molecule has 0 amide bonds. The third-order valence-corrected chi connectivity index (χ3v) is 2.49. The van der Waals surface area contributed by atoms with Crippen LogP contribution in [0.25, 0.3) is 0 Å². The first-order valence-electron chi connectivity index (χ1n) is 6.28. The summed E-state index contributed by atoms with van der Waals surface area (Å²) in [6, 6.07) is 0. The predicted octanol–water partition coefficient (Wildman–Crippen LogP) is 1.97. The van der Waals surface area contributed by atoms with Gasteiger partial charge in [0.25, 0.3) is 0 Å². The summed E-state index contributed by atoms with van der Waals surface area (Å²) in [6.45, 7) is 8.64. The summed E-state index contributed by atoms with van der Waals surface area (Å²) < 4.78 is 11.1. The van der Waals surface area contributed by atoms with Crippen LogP contribution in [0.4, 0.5) is 0 Å². The van der Waals surface area contributed by atoms with E-state index in [1.807, 2.05) is 0 Å². The number of esters is 2. The standard InChI is InChI=1S/C14H19NO5/c1-6-19-12(17)10-7-15(8-16)11(9(10)2)13(18)20-14(3,4)5/h7-8H,6H2,1-5H3. The number of rotatable bonds is 4. The van der Waals surface area contributed by atoms with Crippen molar-refractivity contribution in [3.05, 3.63) is 23.0 Å². The number of ether oxygens (including phenoxy) is 2. The Morgan fingerprint density at radius 2 is 1.90 bits per heavy atom. The molecular weight excluding hydrogens is 262 g/mol. The monoisotopic (exact) mass is 281 g/mol. The summed E-state index contributed by atoms with van der Waals surface area (Å²) in [6.07, 6.45) is 1.73. The number of hydrogen-bond acceptors (Lipinski definition) is 5. The molecule has 0 radical (unpaired) electrons. The van der Waals surface area contributed by atoms with Gasteiger partial charge in [0.1, 0.15) is 11.3 Å². The second kappa shape index (κ2) is 5.90. The minimum atomic E-state index is -0.689. The van der Waals surface area contributed by atoms with Crippen LogP contribution in [0.15, 0.2) is 6.20 Å². The van der Waals surface area contributed by atoms with E-state index in [1.165, 1.54) is 6.20 Å². The zero-order chi connectivity index (χ0) is 15.5. The Balaban J connectivity index is 3.23. The summed E-state index contributed by atoms with van der Waals surface area (Å²) in [7, 11) is 0. The molecule has 6 nitrogen and oxygen atoms in total. The molecule has 0 fully saturated rings. The maximum absolute atomic E-state index is 12.1. The van der Waals surface area contributed by atoms with Crippen LogP contribution in [-0.2, 0) is 14.3 Å². The SMILES string of the molecule is CCOC(=O)c1cn(C=O)c(C(=O)OC(C)(C)C)c1C. The van der Waals surface area contributed by atoms with Gasteiger partial charge in [-0.2, -0.15) is 0 Å². The van der Waals surface area contributed by atoms with Crippen LogP contribution >= 0.6 is 0 Å². The Hall–Kier alpha value is -2.11. The van der Waals surface area contributed by atoms with Crippen molar-refractivity contribution >= 4 is 18.3 Å². The molecule has 0 saturated carbocycles. The fraction of sp³-hybridized carbons (Fsp3) is 0.500. The van der Waals surface area contributed by atoms with Crippen LogP contribution in [0, 0.1) is 6.92 Å². The van der Waals surface area contributed by atoms with Crippen LogP contribution in [-0.4, -0.2) is 35.1 Å². The van der Waals surface area contributed by atoms with Gasteiger partial charge in [0.05, 0.1) is 12.2 Å². The molecule has 0 atom stereocenters. The van der Waals surface area contributed by atoms with Crippen LogP contribution in [0.1, 0.15) is 54.1 Å². The van der Waals surface area contributed by atoms with Crippen molar-refractivity contribution in [2.24, 2.45) is 0 Å². The van der Waals surface area contributed by atoms with E-state index in [0.29, 0.717) is 12.0 Å². The van der Waals surface area contributed by atoms with Gasteiger partial charge in [-0.25, -0.2) is 9.59 Å². The van der Waals surface area contributed by atoms with E-state index in [1.54, 1.807) is 34.6 Å². The normalized spacial score (nSPS) is 11.1. The first-order chi connectivity index (χ1) is 9.21. The Kier molecular flexibility index (Phi) is 4.70. The molecule has 0 saturated heterocycles. The van der Waals surface area contributed by atoms with Gasteiger partial charge in [-0.15, -0.1) is 0 Å². The lowest BCUT2D eigenvalue weighted by molar-refractivity contribution is 0.00603. The maximum Gasteiger partial charge on any atom is 0.356 e. The molecule has 1 rings (SSSR count). The van der Waals surface area contributed by atoms with E-state index in [9.17, 15) is 14.4 Å². The average molecular weight is 281 g/mol. The Morgan fingerprint density at radius 1 is 1.30 bits per heavy atom. The van der Waals surface area contributed by atoms with E-state index in [4.69, 9.17) is 9.47 Å². The number of nitrogens with zero attached hydrogens (tertiary/aromatic N) is 1. The Labute approximate surface area is 117 Å². The number of carbonyl (C=O) groups excluding carboxylic acids is 3. The second-order valence-electron chi connectivity index (χ2n) is 5.25.